The molecule has 23 heavy (non-hydrogen) atoms. The first kappa shape index (κ1) is 13.9. The van der Waals surface area contributed by atoms with E-state index in [0.717, 1.165) is 37.6 Å². The molecule has 1 aliphatic rings. The number of imidazole rings is 1. The van der Waals surface area contributed by atoms with Crippen LogP contribution in [0.15, 0.2) is 24.4 Å². The Morgan fingerprint density at radius 2 is 2.13 bits per heavy atom. The lowest BCUT2D eigenvalue weighted by Gasteiger charge is -2.14. The standard InChI is InChI=1S/C15H18N8/c16-12-11-14(22-15(17)20-12)21-13(19-11)9-4-6-23(7-9)8-10-3-1-2-5-18-10/h1-3,5,9H,4,6-8H2,(H5,16,17,19,20,21,22). The summed E-state index contributed by atoms with van der Waals surface area (Å²) in [7, 11) is 0. The van der Waals surface area contributed by atoms with E-state index in [-0.39, 0.29) is 5.95 Å². The first-order valence-electron chi connectivity index (χ1n) is 7.60. The van der Waals surface area contributed by atoms with Crippen LogP contribution in [0, 0.1) is 0 Å². The van der Waals surface area contributed by atoms with Gasteiger partial charge in [-0.15, -0.1) is 0 Å². The molecule has 0 saturated carbocycles. The maximum atomic E-state index is 5.88. The van der Waals surface area contributed by atoms with Crippen LogP contribution in [0.1, 0.15) is 23.9 Å². The smallest absolute Gasteiger partial charge is 0.224 e. The van der Waals surface area contributed by atoms with Crippen LogP contribution >= 0.6 is 0 Å². The van der Waals surface area contributed by atoms with Gasteiger partial charge in [0.1, 0.15) is 11.3 Å². The van der Waals surface area contributed by atoms with Crippen LogP contribution in [-0.4, -0.2) is 42.9 Å². The highest BCUT2D eigenvalue weighted by Crippen LogP contribution is 2.28. The van der Waals surface area contributed by atoms with Crippen molar-refractivity contribution in [3.8, 4) is 0 Å². The molecule has 1 saturated heterocycles. The first-order chi connectivity index (χ1) is 11.2. The maximum absolute atomic E-state index is 5.88. The van der Waals surface area contributed by atoms with E-state index in [1.165, 1.54) is 0 Å². The molecule has 1 aliphatic heterocycles. The third kappa shape index (κ3) is 2.68. The van der Waals surface area contributed by atoms with Crippen molar-refractivity contribution in [3.63, 3.8) is 0 Å². The fourth-order valence-electron chi connectivity index (χ4n) is 3.07. The van der Waals surface area contributed by atoms with Gasteiger partial charge in [0.2, 0.25) is 5.95 Å². The van der Waals surface area contributed by atoms with Gasteiger partial charge in [0, 0.05) is 25.2 Å². The van der Waals surface area contributed by atoms with Crippen LogP contribution in [0.4, 0.5) is 11.8 Å². The van der Waals surface area contributed by atoms with Gasteiger partial charge in [-0.2, -0.15) is 9.97 Å². The van der Waals surface area contributed by atoms with E-state index in [2.05, 4.69) is 29.8 Å². The minimum atomic E-state index is 0.149. The Balaban J connectivity index is 1.52. The second-order valence-corrected chi connectivity index (χ2v) is 5.83. The van der Waals surface area contributed by atoms with E-state index in [4.69, 9.17) is 11.5 Å². The first-order valence-corrected chi connectivity index (χ1v) is 7.60. The second-order valence-electron chi connectivity index (χ2n) is 5.83. The summed E-state index contributed by atoms with van der Waals surface area (Å²) >= 11 is 0. The third-order valence-corrected chi connectivity index (χ3v) is 4.19. The van der Waals surface area contributed by atoms with Crippen molar-refractivity contribution in [1.82, 2.24) is 29.8 Å². The number of aromatic nitrogens is 5. The molecule has 3 aromatic rings. The quantitative estimate of drug-likeness (QED) is 0.656. The van der Waals surface area contributed by atoms with Gasteiger partial charge in [-0.05, 0) is 25.1 Å². The fourth-order valence-corrected chi connectivity index (χ4v) is 3.07. The highest BCUT2D eigenvalue weighted by atomic mass is 15.2. The SMILES string of the molecule is Nc1nc(N)c2[nH]c(C3CCN(Cc4ccccn4)C3)nc2n1. The van der Waals surface area contributed by atoms with Crippen LogP contribution < -0.4 is 11.5 Å². The van der Waals surface area contributed by atoms with Gasteiger partial charge in [0.15, 0.2) is 11.5 Å². The number of hydrogen-bond donors (Lipinski definition) is 3. The van der Waals surface area contributed by atoms with Crippen molar-refractivity contribution >= 4 is 22.9 Å². The lowest BCUT2D eigenvalue weighted by Crippen LogP contribution is -2.20. The van der Waals surface area contributed by atoms with Gasteiger partial charge in [-0.3, -0.25) is 9.88 Å². The number of nitrogens with two attached hydrogens (primary N) is 2. The predicted octanol–water partition coefficient (Wildman–Crippen LogP) is 0.902. The van der Waals surface area contributed by atoms with E-state index in [9.17, 15) is 0 Å². The largest absolute Gasteiger partial charge is 0.382 e. The molecule has 8 nitrogen and oxygen atoms in total. The van der Waals surface area contributed by atoms with E-state index in [1.54, 1.807) is 0 Å². The molecular formula is C15H18N8. The summed E-state index contributed by atoms with van der Waals surface area (Å²) < 4.78 is 0. The Hall–Kier alpha value is -2.74. The van der Waals surface area contributed by atoms with Gasteiger partial charge in [0.25, 0.3) is 0 Å². The zero-order valence-electron chi connectivity index (χ0n) is 12.6. The zero-order chi connectivity index (χ0) is 15.8. The Morgan fingerprint density at radius 3 is 2.96 bits per heavy atom. The molecule has 1 atom stereocenters. The van der Waals surface area contributed by atoms with Crippen LogP contribution in [0.2, 0.25) is 0 Å². The molecule has 0 amide bonds. The number of H-pyrrole nitrogens is 1. The normalized spacial score (nSPS) is 18.7. The van der Waals surface area contributed by atoms with Gasteiger partial charge in [-0.1, -0.05) is 6.07 Å². The number of pyridine rings is 1. The minimum absolute atomic E-state index is 0.149. The number of nitrogens with one attached hydrogen (secondary N) is 1. The molecule has 8 heteroatoms. The molecule has 1 unspecified atom stereocenters. The van der Waals surface area contributed by atoms with Crippen molar-refractivity contribution in [1.29, 1.82) is 0 Å². The predicted molar refractivity (Wildman–Crippen MR) is 87.4 cm³/mol. The average molecular weight is 310 g/mol. The van der Waals surface area contributed by atoms with Crippen molar-refractivity contribution in [3.05, 3.63) is 35.9 Å². The topological polar surface area (TPSA) is 123 Å². The Bertz CT molecular complexity index is 828. The average Bonchev–Trinajstić information content (AvgIpc) is 3.15. The van der Waals surface area contributed by atoms with Crippen LogP contribution in [0.25, 0.3) is 11.2 Å². The molecule has 0 bridgehead atoms. The molecule has 0 radical (unpaired) electrons. The number of anilines is 2. The Labute approximate surface area is 133 Å². The Morgan fingerprint density at radius 1 is 1.22 bits per heavy atom. The summed E-state index contributed by atoms with van der Waals surface area (Å²) in [6.07, 6.45) is 2.86. The summed E-state index contributed by atoms with van der Waals surface area (Å²) in [5.74, 6) is 1.72. The minimum Gasteiger partial charge on any atom is -0.382 e. The lowest BCUT2D eigenvalue weighted by molar-refractivity contribution is 0.322. The van der Waals surface area contributed by atoms with Crippen molar-refractivity contribution in [2.45, 2.75) is 18.9 Å². The molecule has 1 fully saturated rings. The van der Waals surface area contributed by atoms with Gasteiger partial charge >= 0.3 is 0 Å². The molecule has 0 aliphatic carbocycles. The third-order valence-electron chi connectivity index (χ3n) is 4.19. The number of rotatable bonds is 3. The number of nitrogens with zero attached hydrogens (tertiary/aromatic N) is 5. The summed E-state index contributed by atoms with van der Waals surface area (Å²) in [5, 5.41) is 0. The number of aromatic amines is 1. The van der Waals surface area contributed by atoms with Crippen molar-refractivity contribution in [2.24, 2.45) is 0 Å². The van der Waals surface area contributed by atoms with Crippen molar-refractivity contribution < 1.29 is 0 Å². The van der Waals surface area contributed by atoms with Gasteiger partial charge in [0.05, 0.1) is 5.69 Å². The molecular weight excluding hydrogens is 292 g/mol. The van der Waals surface area contributed by atoms with Gasteiger partial charge in [-0.25, -0.2) is 4.98 Å². The summed E-state index contributed by atoms with van der Waals surface area (Å²) in [6, 6.07) is 6.00. The Kier molecular flexibility index (Phi) is 3.30. The summed E-state index contributed by atoms with van der Waals surface area (Å²) in [5.41, 5.74) is 13.8. The maximum Gasteiger partial charge on any atom is 0.224 e. The van der Waals surface area contributed by atoms with Crippen LogP contribution in [-0.2, 0) is 6.54 Å². The molecule has 4 rings (SSSR count). The molecule has 0 aromatic carbocycles. The number of fused-ring (bicyclic) bond motifs is 1. The summed E-state index contributed by atoms with van der Waals surface area (Å²) in [4.78, 5) is 22.7. The van der Waals surface area contributed by atoms with E-state index in [0.29, 0.717) is 22.9 Å². The van der Waals surface area contributed by atoms with E-state index in [1.807, 2.05) is 24.4 Å². The molecule has 5 N–H and O–H groups in total. The molecule has 118 valence electrons. The number of likely N-dealkylation sites (tertiary alicyclic amines) is 1. The number of nitrogen functional groups attached to an aromatic ring is 2. The van der Waals surface area contributed by atoms with E-state index < -0.39 is 0 Å². The molecule has 0 spiro atoms. The molecule has 3 aromatic heterocycles. The van der Waals surface area contributed by atoms with Crippen molar-refractivity contribution in [2.75, 3.05) is 24.6 Å². The zero-order valence-corrected chi connectivity index (χ0v) is 12.6. The van der Waals surface area contributed by atoms with E-state index >= 15 is 0 Å². The summed E-state index contributed by atoms with van der Waals surface area (Å²) in [6.45, 7) is 2.80. The number of hydrogen-bond acceptors (Lipinski definition) is 7. The highest BCUT2D eigenvalue weighted by Gasteiger charge is 2.27. The molecule has 4 heterocycles. The second kappa shape index (κ2) is 5.47. The van der Waals surface area contributed by atoms with Crippen LogP contribution in [0.5, 0.6) is 0 Å². The van der Waals surface area contributed by atoms with Crippen LogP contribution in [0.3, 0.4) is 0 Å². The van der Waals surface area contributed by atoms with Gasteiger partial charge < -0.3 is 16.5 Å². The lowest BCUT2D eigenvalue weighted by atomic mass is 10.1. The fraction of sp³-hybridized carbons (Fsp3) is 0.333. The highest BCUT2D eigenvalue weighted by molar-refractivity contribution is 5.82. The monoisotopic (exact) mass is 310 g/mol.